The fourth-order valence-electron chi connectivity index (χ4n) is 6.19. The number of nitrogens with one attached hydrogen (secondary N) is 4. The summed E-state index contributed by atoms with van der Waals surface area (Å²) in [5.74, 6) is -3.71. The van der Waals surface area contributed by atoms with E-state index in [9.17, 15) is 33.9 Å². The van der Waals surface area contributed by atoms with E-state index in [1.807, 2.05) is 0 Å². The van der Waals surface area contributed by atoms with Crippen molar-refractivity contribution in [1.82, 2.24) is 20.0 Å². The monoisotopic (exact) mass is 700 g/mol. The molecule has 2 aromatic heterocycles. The largest absolute Gasteiger partial charge is 0.477 e. The molecule has 1 aliphatic rings. The molecule has 12 nitrogen and oxygen atoms in total. The van der Waals surface area contributed by atoms with Crippen molar-refractivity contribution in [1.29, 1.82) is 0 Å². The number of aromatic amines is 1. The Morgan fingerprint density at radius 1 is 1.00 bits per heavy atom. The Labute approximate surface area is 290 Å². The lowest BCUT2D eigenvalue weighted by Crippen LogP contribution is -2.46. The lowest BCUT2D eigenvalue weighted by Gasteiger charge is -2.21. The molecule has 2 heterocycles. The van der Waals surface area contributed by atoms with Crippen molar-refractivity contribution in [2.75, 3.05) is 10.6 Å². The lowest BCUT2D eigenvalue weighted by atomic mass is 9.88. The van der Waals surface area contributed by atoms with Crippen LogP contribution in [0.5, 0.6) is 0 Å². The van der Waals surface area contributed by atoms with Crippen LogP contribution in [0.2, 0.25) is 5.02 Å². The van der Waals surface area contributed by atoms with Crippen LogP contribution in [0.1, 0.15) is 64.3 Å². The molecular formula is C36H34ClFN6O6. The van der Waals surface area contributed by atoms with E-state index in [1.54, 1.807) is 42.5 Å². The average Bonchev–Trinajstić information content (AvgIpc) is 3.66. The Kier molecular flexibility index (Phi) is 9.86. The predicted octanol–water partition coefficient (Wildman–Crippen LogP) is 6.57. The molecule has 50 heavy (non-hydrogen) atoms. The highest BCUT2D eigenvalue weighted by atomic mass is 35.5. The third-order valence-electron chi connectivity index (χ3n) is 8.81. The van der Waals surface area contributed by atoms with E-state index in [2.05, 4.69) is 25.9 Å². The number of anilines is 2. The maximum absolute atomic E-state index is 14.8. The number of halogens is 2. The Balaban J connectivity index is 1.25. The van der Waals surface area contributed by atoms with Crippen LogP contribution in [0.15, 0.2) is 66.7 Å². The first-order valence-electron chi connectivity index (χ1n) is 16.1. The fraction of sp³-hybridized carbons (Fsp3) is 0.250. The topological polar surface area (TPSA) is 178 Å². The first kappa shape index (κ1) is 34.2. The second-order valence-corrected chi connectivity index (χ2v) is 12.7. The molecule has 258 valence electrons. The Hall–Kier alpha value is -5.69. The fourth-order valence-corrected chi connectivity index (χ4v) is 6.36. The van der Waals surface area contributed by atoms with E-state index in [0.29, 0.717) is 32.6 Å². The van der Waals surface area contributed by atoms with E-state index in [-0.39, 0.29) is 51.7 Å². The molecule has 1 saturated carbocycles. The standard InChI is InChI=1S/C36H34ClFN6O6/c1-19-31(44(50)32(39-19)25-8-5-9-26(37)30(25)38)35(47)43-28(34(46)41-24-14-15-27-22(17-24)18-29(42-27)36(48)49)16-20-10-12-23(13-11-20)40-33(45)21-6-3-2-4-7-21/h5,8-15,17-18,21,28,42,50H,2-4,6-7,16H2,1H3,(H,40,45)(H,41,46)(H,43,47)(H,48,49)/t28-/m0/s1. The molecule has 6 N–H and O–H groups in total. The van der Waals surface area contributed by atoms with Gasteiger partial charge in [0.2, 0.25) is 11.8 Å². The van der Waals surface area contributed by atoms with Gasteiger partial charge in [-0.1, -0.05) is 49.1 Å². The number of fused-ring (bicyclic) bond motifs is 1. The molecule has 1 aliphatic carbocycles. The number of rotatable bonds is 10. The van der Waals surface area contributed by atoms with E-state index in [1.165, 1.54) is 31.2 Å². The smallest absolute Gasteiger partial charge is 0.352 e. The maximum atomic E-state index is 14.8. The lowest BCUT2D eigenvalue weighted by molar-refractivity contribution is -0.120. The van der Waals surface area contributed by atoms with Crippen LogP contribution in [0, 0.1) is 18.7 Å². The number of carbonyl (C=O) groups is 4. The van der Waals surface area contributed by atoms with Gasteiger partial charge in [0.1, 0.15) is 11.7 Å². The minimum absolute atomic E-state index is 0.0123. The number of H-pyrrole nitrogens is 1. The van der Waals surface area contributed by atoms with Crippen LogP contribution in [0.3, 0.4) is 0 Å². The van der Waals surface area contributed by atoms with Crippen LogP contribution in [0.25, 0.3) is 22.3 Å². The van der Waals surface area contributed by atoms with Crippen molar-refractivity contribution in [3.63, 3.8) is 0 Å². The van der Waals surface area contributed by atoms with Crippen LogP contribution >= 0.6 is 11.6 Å². The van der Waals surface area contributed by atoms with Crippen molar-refractivity contribution >= 4 is 57.6 Å². The molecular weight excluding hydrogens is 667 g/mol. The van der Waals surface area contributed by atoms with Gasteiger partial charge in [0.05, 0.1) is 16.3 Å². The molecule has 3 amide bonds. The number of aromatic nitrogens is 3. The van der Waals surface area contributed by atoms with Crippen LogP contribution in [-0.4, -0.2) is 54.7 Å². The number of imidazole rings is 1. The van der Waals surface area contributed by atoms with Gasteiger partial charge in [-0.25, -0.2) is 14.2 Å². The maximum Gasteiger partial charge on any atom is 0.352 e. The van der Waals surface area contributed by atoms with Crippen LogP contribution < -0.4 is 16.0 Å². The van der Waals surface area contributed by atoms with E-state index in [4.69, 9.17) is 11.6 Å². The van der Waals surface area contributed by atoms with Gasteiger partial charge in [-0.15, -0.1) is 0 Å². The Morgan fingerprint density at radius 2 is 1.72 bits per heavy atom. The SMILES string of the molecule is Cc1nc(-c2cccc(Cl)c2F)n(O)c1C(=O)N[C@@H](Cc1ccc(NC(=O)C2CCCCC2)cc1)C(=O)Nc1ccc2[nH]c(C(=O)O)cc2c1. The van der Waals surface area contributed by atoms with Crippen LogP contribution in [0.4, 0.5) is 15.8 Å². The molecule has 0 spiro atoms. The number of benzene rings is 3. The molecule has 0 unspecified atom stereocenters. The summed E-state index contributed by atoms with van der Waals surface area (Å²) < 4.78 is 15.3. The normalized spacial score (nSPS) is 13.9. The summed E-state index contributed by atoms with van der Waals surface area (Å²) >= 11 is 5.92. The zero-order valence-corrected chi connectivity index (χ0v) is 27.7. The molecule has 3 aromatic carbocycles. The average molecular weight is 701 g/mol. The third kappa shape index (κ3) is 7.32. The van der Waals surface area contributed by atoms with Gasteiger partial charge < -0.3 is 31.2 Å². The quantitative estimate of drug-likeness (QED) is 0.0893. The Bertz CT molecular complexity index is 2100. The third-order valence-corrected chi connectivity index (χ3v) is 9.11. The minimum Gasteiger partial charge on any atom is -0.477 e. The summed E-state index contributed by atoms with van der Waals surface area (Å²) in [5.41, 5.74) is 1.79. The highest BCUT2D eigenvalue weighted by Crippen LogP contribution is 2.29. The first-order valence-corrected chi connectivity index (χ1v) is 16.5. The van der Waals surface area contributed by atoms with Gasteiger partial charge in [-0.3, -0.25) is 14.4 Å². The number of hydrogen-bond acceptors (Lipinski definition) is 6. The van der Waals surface area contributed by atoms with Gasteiger partial charge in [-0.05, 0) is 73.9 Å². The number of aromatic carboxylic acids is 1. The van der Waals surface area contributed by atoms with Crippen molar-refractivity contribution in [3.8, 4) is 11.4 Å². The number of carboxylic acids is 1. The van der Waals surface area contributed by atoms with E-state index in [0.717, 1.165) is 32.1 Å². The molecule has 0 saturated heterocycles. The molecule has 0 bridgehead atoms. The van der Waals surface area contributed by atoms with Crippen molar-refractivity contribution in [2.45, 2.75) is 51.5 Å². The molecule has 5 aromatic rings. The summed E-state index contributed by atoms with van der Waals surface area (Å²) in [6.45, 7) is 1.46. The summed E-state index contributed by atoms with van der Waals surface area (Å²) in [4.78, 5) is 58.6. The second kappa shape index (κ2) is 14.4. The van der Waals surface area contributed by atoms with Gasteiger partial charge >= 0.3 is 5.97 Å². The molecule has 0 radical (unpaired) electrons. The Morgan fingerprint density at radius 3 is 2.44 bits per heavy atom. The second-order valence-electron chi connectivity index (χ2n) is 12.3. The predicted molar refractivity (Wildman–Crippen MR) is 185 cm³/mol. The van der Waals surface area contributed by atoms with Crippen molar-refractivity contribution < 1.29 is 33.9 Å². The van der Waals surface area contributed by atoms with Gasteiger partial charge in [0.25, 0.3) is 5.91 Å². The van der Waals surface area contributed by atoms with Crippen LogP contribution in [-0.2, 0) is 16.0 Å². The summed E-state index contributed by atoms with van der Waals surface area (Å²) in [6.07, 6.45) is 4.93. The first-order chi connectivity index (χ1) is 24.0. The number of amides is 3. The van der Waals surface area contributed by atoms with Crippen molar-refractivity contribution in [3.05, 3.63) is 100 Å². The summed E-state index contributed by atoms with van der Waals surface area (Å²) in [5, 5.41) is 29.1. The zero-order chi connectivity index (χ0) is 35.5. The highest BCUT2D eigenvalue weighted by Gasteiger charge is 2.29. The molecule has 1 atom stereocenters. The number of carboxylic acid groups (broad SMARTS) is 1. The minimum atomic E-state index is -1.19. The number of aryl methyl sites for hydroxylation is 1. The number of carbonyl (C=O) groups excluding carboxylic acids is 3. The molecule has 14 heteroatoms. The molecule has 6 rings (SSSR count). The van der Waals surface area contributed by atoms with Crippen molar-refractivity contribution in [2.24, 2.45) is 5.92 Å². The van der Waals surface area contributed by atoms with Gasteiger partial charge in [0, 0.05) is 34.6 Å². The van der Waals surface area contributed by atoms with E-state index < -0.39 is 29.6 Å². The zero-order valence-electron chi connectivity index (χ0n) is 26.9. The highest BCUT2D eigenvalue weighted by molar-refractivity contribution is 6.31. The summed E-state index contributed by atoms with van der Waals surface area (Å²) in [7, 11) is 0. The van der Waals surface area contributed by atoms with Gasteiger partial charge in [-0.2, -0.15) is 4.73 Å². The summed E-state index contributed by atoms with van der Waals surface area (Å²) in [6, 6.07) is 16.2. The number of hydrogen-bond donors (Lipinski definition) is 6. The number of nitrogens with zero attached hydrogens (tertiary/aromatic N) is 2. The molecule has 1 fully saturated rings. The molecule has 0 aliphatic heterocycles. The van der Waals surface area contributed by atoms with Gasteiger partial charge in [0.15, 0.2) is 17.3 Å². The van der Waals surface area contributed by atoms with E-state index >= 15 is 0 Å².